The van der Waals surface area contributed by atoms with Crippen LogP contribution in [0.4, 0.5) is 0 Å². The number of hydrogen-bond acceptors (Lipinski definition) is 3. The first-order valence-electron chi connectivity index (χ1n) is 7.24. The van der Waals surface area contributed by atoms with Crippen molar-refractivity contribution >= 4 is 11.3 Å². The summed E-state index contributed by atoms with van der Waals surface area (Å²) in [5, 5.41) is 5.62. The van der Waals surface area contributed by atoms with Crippen molar-refractivity contribution in [2.75, 3.05) is 33.2 Å². The fourth-order valence-corrected chi connectivity index (χ4v) is 2.68. The average molecular weight is 268 g/mol. The van der Waals surface area contributed by atoms with Gasteiger partial charge in [0.2, 0.25) is 0 Å². The van der Waals surface area contributed by atoms with Crippen molar-refractivity contribution in [3.63, 3.8) is 0 Å². The molecule has 1 rings (SSSR count). The summed E-state index contributed by atoms with van der Waals surface area (Å²) in [7, 11) is 2.24. The fraction of sp³-hybridized carbons (Fsp3) is 0.733. The Balaban J connectivity index is 1.89. The van der Waals surface area contributed by atoms with Gasteiger partial charge in [-0.05, 0) is 63.8 Å². The van der Waals surface area contributed by atoms with Crippen LogP contribution < -0.4 is 5.32 Å². The van der Waals surface area contributed by atoms with Gasteiger partial charge in [0.15, 0.2) is 0 Å². The number of likely N-dealkylation sites (N-methyl/N-ethyl adjacent to an activating group) is 1. The Bertz CT molecular complexity index is 272. The molecule has 0 spiro atoms. The lowest BCUT2D eigenvalue weighted by molar-refractivity contribution is 0.329. The molecule has 1 heterocycles. The Morgan fingerprint density at radius 3 is 2.78 bits per heavy atom. The van der Waals surface area contributed by atoms with Crippen molar-refractivity contribution in [2.45, 2.75) is 39.0 Å². The molecule has 0 aliphatic heterocycles. The lowest BCUT2D eigenvalue weighted by atomic mass is 10.2. The van der Waals surface area contributed by atoms with E-state index in [9.17, 15) is 0 Å². The van der Waals surface area contributed by atoms with Gasteiger partial charge >= 0.3 is 0 Å². The quantitative estimate of drug-likeness (QED) is 0.619. The van der Waals surface area contributed by atoms with E-state index in [1.807, 2.05) is 11.3 Å². The molecule has 1 aromatic rings. The molecular formula is C15H28N2S. The third kappa shape index (κ3) is 7.85. The third-order valence-corrected chi connectivity index (χ3v) is 4.08. The minimum Gasteiger partial charge on any atom is -0.317 e. The topological polar surface area (TPSA) is 15.3 Å². The first-order valence-corrected chi connectivity index (χ1v) is 8.12. The molecule has 1 aromatic heterocycles. The van der Waals surface area contributed by atoms with Crippen molar-refractivity contribution in [1.82, 2.24) is 10.2 Å². The van der Waals surface area contributed by atoms with Gasteiger partial charge in [0.25, 0.3) is 0 Å². The number of nitrogens with zero attached hydrogens (tertiary/aromatic N) is 1. The van der Waals surface area contributed by atoms with Gasteiger partial charge in [-0.2, -0.15) is 0 Å². The van der Waals surface area contributed by atoms with Crippen LogP contribution in [0.25, 0.3) is 0 Å². The maximum Gasteiger partial charge on any atom is 0.00579 e. The van der Waals surface area contributed by atoms with Crippen LogP contribution in [0, 0.1) is 0 Å². The Labute approximate surface area is 116 Å². The smallest absolute Gasteiger partial charge is 0.00579 e. The van der Waals surface area contributed by atoms with Crippen LogP contribution in [0.15, 0.2) is 17.5 Å². The highest BCUT2D eigenvalue weighted by molar-refractivity contribution is 7.09. The first-order chi connectivity index (χ1) is 8.83. The van der Waals surface area contributed by atoms with Crippen LogP contribution in [0.2, 0.25) is 0 Å². The van der Waals surface area contributed by atoms with Gasteiger partial charge in [-0.3, -0.25) is 0 Å². The van der Waals surface area contributed by atoms with E-state index in [2.05, 4.69) is 41.7 Å². The van der Waals surface area contributed by atoms with Crippen molar-refractivity contribution < 1.29 is 0 Å². The molecule has 0 saturated heterocycles. The van der Waals surface area contributed by atoms with E-state index in [1.54, 1.807) is 0 Å². The Kier molecular flexibility index (Phi) is 9.17. The minimum atomic E-state index is 1.17. The average Bonchev–Trinajstić information content (AvgIpc) is 2.88. The highest BCUT2D eigenvalue weighted by Gasteiger charge is 2.00. The zero-order valence-electron chi connectivity index (χ0n) is 12.0. The number of hydrogen-bond donors (Lipinski definition) is 1. The molecule has 0 aliphatic rings. The normalized spacial score (nSPS) is 11.3. The van der Waals surface area contributed by atoms with Gasteiger partial charge < -0.3 is 10.2 Å². The number of rotatable bonds is 11. The molecule has 2 nitrogen and oxygen atoms in total. The van der Waals surface area contributed by atoms with Crippen LogP contribution in [-0.4, -0.2) is 38.1 Å². The second-order valence-corrected chi connectivity index (χ2v) is 5.98. The molecule has 0 unspecified atom stereocenters. The third-order valence-electron chi connectivity index (χ3n) is 3.14. The molecule has 0 atom stereocenters. The first kappa shape index (κ1) is 15.7. The highest BCUT2D eigenvalue weighted by atomic mass is 32.1. The van der Waals surface area contributed by atoms with E-state index >= 15 is 0 Å². The maximum absolute atomic E-state index is 3.45. The standard InChI is InChI=1S/C15H28N2S/c1-3-10-16-11-5-4-6-12-17(2)13-9-15-8-7-14-18-15/h7-8,14,16H,3-6,9-13H2,1-2H3. The molecule has 1 N–H and O–H groups in total. The summed E-state index contributed by atoms with van der Waals surface area (Å²) >= 11 is 1.87. The van der Waals surface area contributed by atoms with E-state index < -0.39 is 0 Å². The van der Waals surface area contributed by atoms with E-state index in [0.29, 0.717) is 0 Å². The summed E-state index contributed by atoms with van der Waals surface area (Å²) in [5.41, 5.74) is 0. The van der Waals surface area contributed by atoms with E-state index in [4.69, 9.17) is 0 Å². The van der Waals surface area contributed by atoms with Crippen LogP contribution >= 0.6 is 11.3 Å². The van der Waals surface area contributed by atoms with E-state index in [1.165, 1.54) is 63.2 Å². The fourth-order valence-electron chi connectivity index (χ4n) is 1.98. The molecule has 0 radical (unpaired) electrons. The maximum atomic E-state index is 3.45. The molecular weight excluding hydrogens is 240 g/mol. The van der Waals surface area contributed by atoms with Gasteiger partial charge in [-0.15, -0.1) is 11.3 Å². The Hall–Kier alpha value is -0.380. The molecule has 0 fully saturated rings. The Morgan fingerprint density at radius 1 is 1.17 bits per heavy atom. The van der Waals surface area contributed by atoms with Crippen LogP contribution in [0.1, 0.15) is 37.5 Å². The van der Waals surface area contributed by atoms with Gasteiger partial charge in [0, 0.05) is 11.4 Å². The molecule has 0 aromatic carbocycles. The van der Waals surface area contributed by atoms with Gasteiger partial charge in [-0.1, -0.05) is 19.4 Å². The van der Waals surface area contributed by atoms with Crippen LogP contribution in [0.5, 0.6) is 0 Å². The highest BCUT2D eigenvalue weighted by Crippen LogP contribution is 2.09. The summed E-state index contributed by atoms with van der Waals surface area (Å²) in [6, 6.07) is 4.38. The molecule has 0 bridgehead atoms. The Morgan fingerprint density at radius 2 is 2.06 bits per heavy atom. The van der Waals surface area contributed by atoms with Gasteiger partial charge in [-0.25, -0.2) is 0 Å². The SMILES string of the molecule is CCCNCCCCCN(C)CCc1cccs1. The van der Waals surface area contributed by atoms with Crippen molar-refractivity contribution in [2.24, 2.45) is 0 Å². The van der Waals surface area contributed by atoms with Crippen molar-refractivity contribution in [3.05, 3.63) is 22.4 Å². The van der Waals surface area contributed by atoms with Crippen molar-refractivity contribution in [1.29, 1.82) is 0 Å². The monoisotopic (exact) mass is 268 g/mol. The zero-order valence-corrected chi connectivity index (χ0v) is 12.8. The molecule has 0 saturated carbocycles. The molecule has 0 amide bonds. The summed E-state index contributed by atoms with van der Waals surface area (Å²) in [4.78, 5) is 3.96. The van der Waals surface area contributed by atoms with Gasteiger partial charge in [0.05, 0.1) is 0 Å². The van der Waals surface area contributed by atoms with E-state index in [0.717, 1.165) is 0 Å². The summed E-state index contributed by atoms with van der Waals surface area (Å²) in [6.07, 6.45) is 6.44. The number of unbranched alkanes of at least 4 members (excludes halogenated alkanes) is 2. The van der Waals surface area contributed by atoms with Crippen LogP contribution in [0.3, 0.4) is 0 Å². The largest absolute Gasteiger partial charge is 0.317 e. The second kappa shape index (κ2) is 10.5. The van der Waals surface area contributed by atoms with E-state index in [-0.39, 0.29) is 0 Å². The molecule has 104 valence electrons. The van der Waals surface area contributed by atoms with Crippen molar-refractivity contribution in [3.8, 4) is 0 Å². The summed E-state index contributed by atoms with van der Waals surface area (Å²) < 4.78 is 0. The molecule has 0 aliphatic carbocycles. The molecule has 3 heteroatoms. The minimum absolute atomic E-state index is 1.17. The number of thiophene rings is 1. The van der Waals surface area contributed by atoms with Crippen LogP contribution in [-0.2, 0) is 6.42 Å². The zero-order chi connectivity index (χ0) is 13.1. The lowest BCUT2D eigenvalue weighted by Gasteiger charge is -2.15. The summed E-state index contributed by atoms with van der Waals surface area (Å²) in [5.74, 6) is 0. The lowest BCUT2D eigenvalue weighted by Crippen LogP contribution is -2.22. The predicted molar refractivity (Wildman–Crippen MR) is 82.5 cm³/mol. The van der Waals surface area contributed by atoms with Gasteiger partial charge in [0.1, 0.15) is 0 Å². The predicted octanol–water partition coefficient (Wildman–Crippen LogP) is 3.39. The number of nitrogens with one attached hydrogen (secondary N) is 1. The second-order valence-electron chi connectivity index (χ2n) is 4.94. The molecule has 18 heavy (non-hydrogen) atoms. The summed E-state index contributed by atoms with van der Waals surface area (Å²) in [6.45, 7) is 7.00.